The molecule has 0 saturated heterocycles. The molecule has 11 heteroatoms. The third kappa shape index (κ3) is 3.89. The lowest BCUT2D eigenvalue weighted by Crippen LogP contribution is -2.19. The van der Waals surface area contributed by atoms with Crippen molar-refractivity contribution in [1.82, 2.24) is 4.98 Å². The van der Waals surface area contributed by atoms with Gasteiger partial charge in [-0.2, -0.15) is 4.98 Å². The minimum atomic E-state index is -5.05. The first-order valence-corrected chi connectivity index (χ1v) is 7.10. The highest BCUT2D eigenvalue weighted by Crippen LogP contribution is 2.38. The van der Waals surface area contributed by atoms with Crippen molar-refractivity contribution < 1.29 is 31.1 Å². The average molecular weight is 371 g/mol. The monoisotopic (exact) mass is 369 g/mol. The van der Waals surface area contributed by atoms with Gasteiger partial charge in [0.15, 0.2) is 10.8 Å². The molecule has 18 heavy (non-hydrogen) atoms. The summed E-state index contributed by atoms with van der Waals surface area (Å²) in [5.74, 6) is -1.46. The van der Waals surface area contributed by atoms with Crippen molar-refractivity contribution in [3.63, 3.8) is 0 Å². The molecule has 0 spiro atoms. The number of hydrogen-bond donors (Lipinski definition) is 0. The molecule has 0 atom stereocenters. The second kappa shape index (κ2) is 5.10. The number of hydrogen-bond acceptors (Lipinski definition) is 5. The van der Waals surface area contributed by atoms with E-state index in [0.29, 0.717) is 0 Å². The number of ether oxygens (including phenoxy) is 2. The zero-order chi connectivity index (χ0) is 14.1. The third-order valence-corrected chi connectivity index (χ3v) is 3.31. The smallest absolute Gasteiger partial charge is 0.490 e. The predicted octanol–water partition coefficient (Wildman–Crippen LogP) is 2.68. The molecule has 0 amide bonds. The minimum Gasteiger partial charge on any atom is -0.490 e. The molecule has 5 nitrogen and oxygen atoms in total. The second-order valence-corrected chi connectivity index (χ2v) is 6.13. The molecule has 0 aliphatic rings. The van der Waals surface area contributed by atoms with Crippen LogP contribution < -0.4 is 9.47 Å². The summed E-state index contributed by atoms with van der Waals surface area (Å²) in [7, 11) is 1.75. The Bertz CT molecular complexity index is 563. The first-order chi connectivity index (χ1) is 8.04. The molecular weight excluding hydrogens is 366 g/mol. The lowest BCUT2D eigenvalue weighted by Gasteiger charge is -2.13. The molecule has 0 saturated carbocycles. The van der Waals surface area contributed by atoms with Crippen LogP contribution >= 0.6 is 26.6 Å². The molecule has 0 aromatic carbocycles. The van der Waals surface area contributed by atoms with E-state index in [9.17, 15) is 21.6 Å². The van der Waals surface area contributed by atoms with Crippen LogP contribution in [-0.4, -0.2) is 26.9 Å². The molecule has 0 N–H and O–H groups in total. The van der Waals surface area contributed by atoms with Gasteiger partial charge in [-0.15, -0.1) is 13.2 Å². The first kappa shape index (κ1) is 15.3. The maximum Gasteiger partial charge on any atom is 0.574 e. The van der Waals surface area contributed by atoms with E-state index in [2.05, 4.69) is 30.4 Å². The van der Waals surface area contributed by atoms with Crippen molar-refractivity contribution >= 4 is 35.7 Å². The standard InChI is InChI=1S/C7H4BrClF3NO4S/c1-16-5-3(8)2-4(18(9,14)15)13-6(5)17-7(10,11)12/h2H,1H3. The van der Waals surface area contributed by atoms with Crippen molar-refractivity contribution in [2.24, 2.45) is 0 Å². The summed E-state index contributed by atoms with van der Waals surface area (Å²) in [5, 5.41) is -0.795. The van der Waals surface area contributed by atoms with E-state index >= 15 is 0 Å². The minimum absolute atomic E-state index is 0.0986. The van der Waals surface area contributed by atoms with Gasteiger partial charge < -0.3 is 9.47 Å². The van der Waals surface area contributed by atoms with Gasteiger partial charge in [0.25, 0.3) is 14.9 Å². The summed E-state index contributed by atoms with van der Waals surface area (Å²) in [6.45, 7) is 0. The van der Waals surface area contributed by atoms with E-state index in [-0.39, 0.29) is 4.47 Å². The molecule has 0 unspecified atom stereocenters. The summed E-state index contributed by atoms with van der Waals surface area (Å²) in [6, 6.07) is 0.893. The van der Waals surface area contributed by atoms with Crippen molar-refractivity contribution in [2.45, 2.75) is 11.4 Å². The van der Waals surface area contributed by atoms with Gasteiger partial charge in [-0.05, 0) is 22.0 Å². The van der Waals surface area contributed by atoms with E-state index in [0.717, 1.165) is 13.2 Å². The highest BCUT2D eigenvalue weighted by molar-refractivity contribution is 9.10. The van der Waals surface area contributed by atoms with Gasteiger partial charge in [0, 0.05) is 10.7 Å². The van der Waals surface area contributed by atoms with Gasteiger partial charge >= 0.3 is 6.36 Å². The molecule has 0 aliphatic carbocycles. The Balaban J connectivity index is 3.42. The highest BCUT2D eigenvalue weighted by Gasteiger charge is 2.34. The quantitative estimate of drug-likeness (QED) is 0.766. The third-order valence-electron chi connectivity index (χ3n) is 1.54. The van der Waals surface area contributed by atoms with Crippen LogP contribution in [0.4, 0.5) is 13.2 Å². The Morgan fingerprint density at radius 1 is 1.44 bits per heavy atom. The van der Waals surface area contributed by atoms with Crippen LogP contribution in [0.3, 0.4) is 0 Å². The number of aromatic nitrogens is 1. The number of nitrogens with zero attached hydrogens (tertiary/aromatic N) is 1. The van der Waals surface area contributed by atoms with E-state index < -0.39 is 32.1 Å². The van der Waals surface area contributed by atoms with Crippen LogP contribution in [0.1, 0.15) is 0 Å². The van der Waals surface area contributed by atoms with Gasteiger partial charge in [-0.1, -0.05) is 0 Å². The Labute approximate surface area is 112 Å². The number of rotatable bonds is 3. The molecule has 0 fully saturated rings. The van der Waals surface area contributed by atoms with Crippen molar-refractivity contribution in [3.8, 4) is 11.6 Å². The van der Waals surface area contributed by atoms with Gasteiger partial charge in [-0.3, -0.25) is 0 Å². The van der Waals surface area contributed by atoms with E-state index in [4.69, 9.17) is 10.7 Å². The van der Waals surface area contributed by atoms with Crippen molar-refractivity contribution in [2.75, 3.05) is 7.11 Å². The molecule has 1 heterocycles. The Morgan fingerprint density at radius 2 is 2.00 bits per heavy atom. The summed E-state index contributed by atoms with van der Waals surface area (Å²) < 4.78 is 66.4. The average Bonchev–Trinajstić information content (AvgIpc) is 2.13. The fourth-order valence-electron chi connectivity index (χ4n) is 0.948. The topological polar surface area (TPSA) is 65.5 Å². The van der Waals surface area contributed by atoms with Crippen LogP contribution in [0.25, 0.3) is 0 Å². The molecule has 0 aliphatic heterocycles. The zero-order valence-corrected chi connectivity index (χ0v) is 11.6. The van der Waals surface area contributed by atoms with Crippen LogP contribution in [0.2, 0.25) is 0 Å². The fraction of sp³-hybridized carbons (Fsp3) is 0.286. The lowest BCUT2D eigenvalue weighted by molar-refractivity contribution is -0.276. The van der Waals surface area contributed by atoms with Crippen LogP contribution in [0, 0.1) is 0 Å². The Morgan fingerprint density at radius 3 is 2.39 bits per heavy atom. The molecule has 102 valence electrons. The maximum atomic E-state index is 12.1. The summed E-state index contributed by atoms with van der Waals surface area (Å²) >= 11 is 2.82. The van der Waals surface area contributed by atoms with Gasteiger partial charge in [-0.25, -0.2) is 8.42 Å². The molecule has 1 aromatic rings. The fourth-order valence-corrected chi connectivity index (χ4v) is 2.34. The lowest BCUT2D eigenvalue weighted by atomic mass is 10.4. The van der Waals surface area contributed by atoms with Crippen LogP contribution in [-0.2, 0) is 9.05 Å². The Hall–Kier alpha value is -0.740. The summed E-state index contributed by atoms with van der Waals surface area (Å²) in [4.78, 5) is 3.14. The van der Waals surface area contributed by atoms with Crippen LogP contribution in [0.15, 0.2) is 15.6 Å². The van der Waals surface area contributed by atoms with E-state index in [1.807, 2.05) is 0 Å². The SMILES string of the molecule is COc1c(Br)cc(S(=O)(=O)Cl)nc1OC(F)(F)F. The summed E-state index contributed by atoms with van der Waals surface area (Å²) in [5.41, 5.74) is 0. The van der Waals surface area contributed by atoms with Gasteiger partial charge in [0.1, 0.15) is 0 Å². The van der Waals surface area contributed by atoms with E-state index in [1.54, 1.807) is 0 Å². The van der Waals surface area contributed by atoms with Crippen molar-refractivity contribution in [3.05, 3.63) is 10.5 Å². The maximum absolute atomic E-state index is 12.1. The molecule has 1 rings (SSSR count). The number of alkyl halides is 3. The second-order valence-electron chi connectivity index (χ2n) is 2.77. The first-order valence-electron chi connectivity index (χ1n) is 3.99. The molecule has 1 aromatic heterocycles. The zero-order valence-electron chi connectivity index (χ0n) is 8.46. The van der Waals surface area contributed by atoms with Crippen molar-refractivity contribution in [1.29, 1.82) is 0 Å². The van der Waals surface area contributed by atoms with E-state index in [1.165, 1.54) is 0 Å². The normalized spacial score (nSPS) is 12.3. The predicted molar refractivity (Wildman–Crippen MR) is 58.2 cm³/mol. The largest absolute Gasteiger partial charge is 0.574 e. The number of halogens is 5. The molecule has 0 radical (unpaired) electrons. The van der Waals surface area contributed by atoms with Gasteiger partial charge in [0.05, 0.1) is 11.6 Å². The van der Waals surface area contributed by atoms with Crippen LogP contribution in [0.5, 0.6) is 11.6 Å². The number of methoxy groups -OCH3 is 1. The van der Waals surface area contributed by atoms with Gasteiger partial charge in [0.2, 0.25) is 0 Å². The highest BCUT2D eigenvalue weighted by atomic mass is 79.9. The Kier molecular flexibility index (Phi) is 4.34. The number of pyridine rings is 1. The molecular formula is C7H4BrClF3NO4S. The molecule has 0 bridgehead atoms. The summed E-state index contributed by atoms with van der Waals surface area (Å²) in [6.07, 6.45) is -5.05.